The van der Waals surface area contributed by atoms with Gasteiger partial charge in [-0.3, -0.25) is 19.5 Å². The number of carbonyl (C=O) groups is 1. The van der Waals surface area contributed by atoms with Gasteiger partial charge < -0.3 is 0 Å². The number of benzene rings is 2. The van der Waals surface area contributed by atoms with Crippen LogP contribution in [-0.2, 0) is 17.5 Å². The number of piperazine rings is 1. The Kier molecular flexibility index (Phi) is 7.25. The molecule has 0 radical (unpaired) electrons. The van der Waals surface area contributed by atoms with Crippen LogP contribution >= 0.6 is 11.6 Å². The molecule has 0 N–H and O–H groups in total. The van der Waals surface area contributed by atoms with E-state index in [2.05, 4.69) is 11.2 Å². The number of aromatic nitrogens is 2. The van der Waals surface area contributed by atoms with Gasteiger partial charge in [-0.15, -0.1) is 0 Å². The van der Waals surface area contributed by atoms with Crippen LogP contribution in [-0.4, -0.2) is 64.8 Å². The summed E-state index contributed by atoms with van der Waals surface area (Å²) in [6.07, 6.45) is -1.06. The fraction of sp³-hybridized carbons (Fsp3) is 0.296. The van der Waals surface area contributed by atoms with Crippen molar-refractivity contribution in [2.24, 2.45) is 0 Å². The monoisotopic (exact) mass is 540 g/mol. The Hall–Kier alpha value is -3.65. The molecular formula is C27H24ClF3N6O. The highest BCUT2D eigenvalue weighted by atomic mass is 35.5. The summed E-state index contributed by atoms with van der Waals surface area (Å²) in [6, 6.07) is 15.0. The third-order valence-corrected chi connectivity index (χ3v) is 7.05. The van der Waals surface area contributed by atoms with E-state index in [0.717, 1.165) is 17.3 Å². The second kappa shape index (κ2) is 10.6. The Morgan fingerprint density at radius 3 is 2.39 bits per heavy atom. The van der Waals surface area contributed by atoms with Gasteiger partial charge in [0, 0.05) is 49.9 Å². The maximum absolute atomic E-state index is 13.4. The molecule has 0 aliphatic carbocycles. The minimum atomic E-state index is -4.39. The summed E-state index contributed by atoms with van der Waals surface area (Å²) in [7, 11) is 0. The van der Waals surface area contributed by atoms with Crippen molar-refractivity contribution in [3.8, 4) is 6.07 Å². The van der Waals surface area contributed by atoms with Crippen LogP contribution in [0.4, 0.5) is 19.0 Å². The molecule has 2 aliphatic rings. The van der Waals surface area contributed by atoms with Gasteiger partial charge in [-0.2, -0.15) is 23.5 Å². The lowest BCUT2D eigenvalue weighted by Gasteiger charge is -2.36. The van der Waals surface area contributed by atoms with Gasteiger partial charge in [0.05, 0.1) is 24.0 Å². The number of rotatable bonds is 5. The molecule has 0 unspecified atom stereocenters. The van der Waals surface area contributed by atoms with Crippen molar-refractivity contribution >= 4 is 29.0 Å². The lowest BCUT2D eigenvalue weighted by Crippen LogP contribution is -2.50. The highest BCUT2D eigenvalue weighted by Gasteiger charge is 2.34. The number of alkyl halides is 3. The van der Waals surface area contributed by atoms with Gasteiger partial charge in [-0.25, -0.2) is 4.68 Å². The first-order chi connectivity index (χ1) is 18.2. The van der Waals surface area contributed by atoms with E-state index < -0.39 is 11.7 Å². The second-order valence-electron chi connectivity index (χ2n) is 9.21. The molecule has 3 heterocycles. The first-order valence-corrected chi connectivity index (χ1v) is 12.5. The molecular weight excluding hydrogens is 517 g/mol. The molecule has 38 heavy (non-hydrogen) atoms. The van der Waals surface area contributed by atoms with E-state index in [1.807, 2.05) is 28.0 Å². The standard InChI is InChI=1S/C27H24ClF3N6O/c28-22-7-5-19(6-8-22)24-9-10-36(26-21(15-32)16-33-37(24)26)25(38)18-35-13-11-34(12-14-35)17-20-3-1-2-4-23(20)27(29,30)31/h1-9,16H,10-14,17-18H2. The number of fused-ring (bicyclic) bond motifs is 1. The van der Waals surface area contributed by atoms with Gasteiger partial charge in [-0.05, 0) is 29.8 Å². The quantitative estimate of drug-likeness (QED) is 0.477. The van der Waals surface area contributed by atoms with Gasteiger partial charge in [0.15, 0.2) is 5.82 Å². The number of nitrogens with zero attached hydrogens (tertiary/aromatic N) is 6. The van der Waals surface area contributed by atoms with Crippen molar-refractivity contribution in [2.75, 3.05) is 44.2 Å². The molecule has 1 fully saturated rings. The van der Waals surface area contributed by atoms with Crippen LogP contribution in [0.15, 0.2) is 60.8 Å². The molecule has 2 aliphatic heterocycles. The van der Waals surface area contributed by atoms with Gasteiger partial charge in [-0.1, -0.05) is 41.9 Å². The first-order valence-electron chi connectivity index (χ1n) is 12.1. The topological polar surface area (TPSA) is 68.4 Å². The minimum absolute atomic E-state index is 0.132. The molecule has 0 spiro atoms. The van der Waals surface area contributed by atoms with Crippen LogP contribution in [0.1, 0.15) is 22.3 Å². The zero-order valence-electron chi connectivity index (χ0n) is 20.3. The van der Waals surface area contributed by atoms with Crippen molar-refractivity contribution in [1.82, 2.24) is 19.6 Å². The van der Waals surface area contributed by atoms with Crippen molar-refractivity contribution in [3.63, 3.8) is 0 Å². The summed E-state index contributed by atoms with van der Waals surface area (Å²) < 4.78 is 41.7. The average molecular weight is 541 g/mol. The van der Waals surface area contributed by atoms with E-state index in [0.29, 0.717) is 42.6 Å². The molecule has 0 atom stereocenters. The van der Waals surface area contributed by atoms with Crippen molar-refractivity contribution in [2.45, 2.75) is 12.7 Å². The SMILES string of the molecule is N#Cc1cnn2c1N(C(=O)CN1CCN(Cc3ccccc3C(F)(F)F)CC1)CC=C2c1ccc(Cl)cc1. The number of amides is 1. The summed E-state index contributed by atoms with van der Waals surface area (Å²) >= 11 is 6.02. The maximum Gasteiger partial charge on any atom is 0.416 e. The summed E-state index contributed by atoms with van der Waals surface area (Å²) in [5.74, 6) is 0.248. The number of hydrogen-bond donors (Lipinski definition) is 0. The third kappa shape index (κ3) is 5.31. The molecule has 1 aromatic heterocycles. The van der Waals surface area contributed by atoms with Gasteiger partial charge in [0.25, 0.3) is 0 Å². The van der Waals surface area contributed by atoms with E-state index in [1.54, 1.807) is 27.8 Å². The number of hydrogen-bond acceptors (Lipinski definition) is 5. The lowest BCUT2D eigenvalue weighted by molar-refractivity contribution is -0.138. The predicted octanol–water partition coefficient (Wildman–Crippen LogP) is 4.48. The van der Waals surface area contributed by atoms with Gasteiger partial charge >= 0.3 is 6.18 Å². The largest absolute Gasteiger partial charge is 0.416 e. The fourth-order valence-corrected chi connectivity index (χ4v) is 4.97. The second-order valence-corrected chi connectivity index (χ2v) is 9.65. The molecule has 5 rings (SSSR count). The van der Waals surface area contributed by atoms with Crippen LogP contribution in [0.3, 0.4) is 0 Å². The molecule has 1 saturated heterocycles. The molecule has 196 valence electrons. The Labute approximate surface area is 222 Å². The van der Waals surface area contributed by atoms with Crippen molar-refractivity contribution in [3.05, 3.63) is 88.1 Å². The van der Waals surface area contributed by atoms with E-state index in [9.17, 15) is 23.2 Å². The zero-order chi connectivity index (χ0) is 26.9. The molecule has 0 bridgehead atoms. The molecule has 2 aromatic carbocycles. The lowest BCUT2D eigenvalue weighted by atomic mass is 10.1. The Balaban J connectivity index is 1.24. The van der Waals surface area contributed by atoms with Gasteiger partial charge in [0.2, 0.25) is 5.91 Å². The Bertz CT molecular complexity index is 1400. The summed E-state index contributed by atoms with van der Waals surface area (Å²) in [5, 5.41) is 14.6. The molecule has 3 aromatic rings. The highest BCUT2D eigenvalue weighted by Crippen LogP contribution is 2.33. The summed E-state index contributed by atoms with van der Waals surface area (Å²) in [6.45, 7) is 2.79. The van der Waals surface area contributed by atoms with Crippen molar-refractivity contribution < 1.29 is 18.0 Å². The van der Waals surface area contributed by atoms with Crippen LogP contribution in [0.5, 0.6) is 0 Å². The van der Waals surface area contributed by atoms with Crippen molar-refractivity contribution in [1.29, 1.82) is 5.26 Å². The van der Waals surface area contributed by atoms with Crippen LogP contribution < -0.4 is 4.90 Å². The third-order valence-electron chi connectivity index (χ3n) is 6.80. The van der Waals surface area contributed by atoms with Crippen LogP contribution in [0.25, 0.3) is 5.70 Å². The molecule has 11 heteroatoms. The summed E-state index contributed by atoms with van der Waals surface area (Å²) in [4.78, 5) is 18.9. The van der Waals surface area contributed by atoms with E-state index in [1.165, 1.54) is 18.3 Å². The molecule has 1 amide bonds. The molecule has 7 nitrogen and oxygen atoms in total. The predicted molar refractivity (Wildman–Crippen MR) is 137 cm³/mol. The first kappa shape index (κ1) is 26.0. The maximum atomic E-state index is 13.4. The Morgan fingerprint density at radius 1 is 1.03 bits per heavy atom. The number of carbonyl (C=O) groups excluding carboxylic acids is 1. The number of nitriles is 1. The van der Waals surface area contributed by atoms with E-state index in [4.69, 9.17) is 11.6 Å². The van der Waals surface area contributed by atoms with E-state index >= 15 is 0 Å². The Morgan fingerprint density at radius 2 is 1.71 bits per heavy atom. The summed E-state index contributed by atoms with van der Waals surface area (Å²) in [5.41, 5.74) is 1.55. The smallest absolute Gasteiger partial charge is 0.297 e. The zero-order valence-corrected chi connectivity index (χ0v) is 21.1. The van der Waals surface area contributed by atoms with Gasteiger partial charge in [0.1, 0.15) is 11.6 Å². The number of anilines is 1. The van der Waals surface area contributed by atoms with Crippen LogP contribution in [0.2, 0.25) is 5.02 Å². The minimum Gasteiger partial charge on any atom is -0.297 e. The normalized spacial score (nSPS) is 16.6. The number of halogens is 4. The molecule has 0 saturated carbocycles. The average Bonchev–Trinajstić information content (AvgIpc) is 3.34. The fourth-order valence-electron chi connectivity index (χ4n) is 4.85. The van der Waals surface area contributed by atoms with E-state index in [-0.39, 0.29) is 31.1 Å². The van der Waals surface area contributed by atoms with Crippen LogP contribution in [0, 0.1) is 11.3 Å². The highest BCUT2D eigenvalue weighted by molar-refractivity contribution is 6.30.